The van der Waals surface area contributed by atoms with Crippen LogP contribution in [0.3, 0.4) is 0 Å². The maximum atomic E-state index is 12.5. The quantitative estimate of drug-likeness (QED) is 0.783. The van der Waals surface area contributed by atoms with Gasteiger partial charge in [0, 0.05) is 19.0 Å². The SMILES string of the molecule is O=C(c1cc(-c2ccco2)[nH]n1)N1CCC(Oc2cnsn2)C1. The number of rotatable bonds is 4. The molecule has 0 bridgehead atoms. The Hall–Kier alpha value is -2.68. The van der Waals surface area contributed by atoms with E-state index >= 15 is 0 Å². The van der Waals surface area contributed by atoms with Crippen LogP contribution in [0.1, 0.15) is 16.9 Å². The summed E-state index contributed by atoms with van der Waals surface area (Å²) in [4.78, 5) is 14.2. The van der Waals surface area contributed by atoms with Gasteiger partial charge in [0.1, 0.15) is 18.0 Å². The zero-order chi connectivity index (χ0) is 15.6. The largest absolute Gasteiger partial charge is 0.471 e. The van der Waals surface area contributed by atoms with Gasteiger partial charge in [-0.05, 0) is 12.1 Å². The standard InChI is InChI=1S/C14H13N5O3S/c20-14(11-6-10(16-17-11)12-2-1-5-21-12)19-4-3-9(8-19)22-13-7-15-23-18-13/h1-2,5-7,9H,3-4,8H2,(H,16,17). The lowest BCUT2D eigenvalue weighted by Crippen LogP contribution is -2.31. The molecule has 4 rings (SSSR count). The van der Waals surface area contributed by atoms with Crippen LogP contribution in [0, 0.1) is 0 Å². The van der Waals surface area contributed by atoms with Crippen LogP contribution in [-0.2, 0) is 0 Å². The number of hydrogen-bond donors (Lipinski definition) is 1. The van der Waals surface area contributed by atoms with Gasteiger partial charge in [0.25, 0.3) is 5.91 Å². The summed E-state index contributed by atoms with van der Waals surface area (Å²) in [5.41, 5.74) is 1.05. The Bertz CT molecular complexity index is 783. The van der Waals surface area contributed by atoms with Crippen LogP contribution in [0.2, 0.25) is 0 Å². The van der Waals surface area contributed by atoms with Crippen molar-refractivity contribution in [3.8, 4) is 17.3 Å². The van der Waals surface area contributed by atoms with Crippen molar-refractivity contribution >= 4 is 17.6 Å². The highest BCUT2D eigenvalue weighted by Crippen LogP contribution is 2.21. The Balaban J connectivity index is 1.42. The molecule has 1 aliphatic rings. The van der Waals surface area contributed by atoms with Crippen LogP contribution >= 0.6 is 11.7 Å². The lowest BCUT2D eigenvalue weighted by molar-refractivity contribution is 0.0765. The molecule has 1 atom stereocenters. The molecule has 8 nitrogen and oxygen atoms in total. The molecule has 0 radical (unpaired) electrons. The Morgan fingerprint density at radius 3 is 3.26 bits per heavy atom. The van der Waals surface area contributed by atoms with E-state index in [0.29, 0.717) is 36.1 Å². The van der Waals surface area contributed by atoms with Gasteiger partial charge >= 0.3 is 0 Å². The number of amides is 1. The molecule has 0 spiro atoms. The highest BCUT2D eigenvalue weighted by molar-refractivity contribution is 6.99. The summed E-state index contributed by atoms with van der Waals surface area (Å²) in [5.74, 6) is 1.03. The second-order valence-electron chi connectivity index (χ2n) is 5.17. The fourth-order valence-electron chi connectivity index (χ4n) is 2.54. The third-order valence-corrected chi connectivity index (χ3v) is 4.11. The number of furan rings is 1. The number of aromatic amines is 1. The second kappa shape index (κ2) is 5.84. The number of hydrogen-bond acceptors (Lipinski definition) is 7. The highest BCUT2D eigenvalue weighted by atomic mass is 32.1. The monoisotopic (exact) mass is 331 g/mol. The summed E-state index contributed by atoms with van der Waals surface area (Å²) >= 11 is 1.10. The van der Waals surface area contributed by atoms with Crippen molar-refractivity contribution in [2.45, 2.75) is 12.5 Å². The maximum Gasteiger partial charge on any atom is 0.274 e. The lowest BCUT2D eigenvalue weighted by atomic mass is 10.3. The van der Waals surface area contributed by atoms with Gasteiger partial charge in [-0.3, -0.25) is 9.89 Å². The van der Waals surface area contributed by atoms with Crippen molar-refractivity contribution in [3.05, 3.63) is 36.4 Å². The average Bonchev–Trinajstić information content (AvgIpc) is 3.33. The number of H-pyrrole nitrogens is 1. The first-order valence-electron chi connectivity index (χ1n) is 7.12. The van der Waals surface area contributed by atoms with Gasteiger partial charge in [0.05, 0.1) is 24.5 Å². The molecule has 118 valence electrons. The molecule has 1 saturated heterocycles. The lowest BCUT2D eigenvalue weighted by Gasteiger charge is -2.14. The fourth-order valence-corrected chi connectivity index (χ4v) is 2.89. The molecule has 0 aliphatic carbocycles. The number of likely N-dealkylation sites (tertiary alicyclic amines) is 1. The molecular formula is C14H13N5O3S. The molecule has 1 aliphatic heterocycles. The number of nitrogens with zero attached hydrogens (tertiary/aromatic N) is 4. The van der Waals surface area contributed by atoms with Gasteiger partial charge in [-0.2, -0.15) is 9.47 Å². The van der Waals surface area contributed by atoms with Crippen molar-refractivity contribution in [3.63, 3.8) is 0 Å². The minimum Gasteiger partial charge on any atom is -0.471 e. The Labute approximate surface area is 135 Å². The molecule has 23 heavy (non-hydrogen) atoms. The predicted molar refractivity (Wildman–Crippen MR) is 81.1 cm³/mol. The van der Waals surface area contributed by atoms with Crippen LogP contribution in [0.25, 0.3) is 11.5 Å². The van der Waals surface area contributed by atoms with Crippen LogP contribution in [0.15, 0.2) is 35.1 Å². The van der Waals surface area contributed by atoms with Gasteiger partial charge in [-0.25, -0.2) is 0 Å². The number of carbonyl (C=O) groups is 1. The van der Waals surface area contributed by atoms with E-state index in [9.17, 15) is 4.79 Å². The zero-order valence-electron chi connectivity index (χ0n) is 12.0. The van der Waals surface area contributed by atoms with Crippen LogP contribution in [0.4, 0.5) is 0 Å². The molecule has 9 heteroatoms. The molecule has 4 heterocycles. The number of nitrogens with one attached hydrogen (secondary N) is 1. The third kappa shape index (κ3) is 2.82. The summed E-state index contributed by atoms with van der Waals surface area (Å²) in [7, 11) is 0. The maximum absolute atomic E-state index is 12.5. The first kappa shape index (κ1) is 13.9. The minimum absolute atomic E-state index is 0.0636. The van der Waals surface area contributed by atoms with E-state index < -0.39 is 0 Å². The summed E-state index contributed by atoms with van der Waals surface area (Å²) in [5, 5.41) is 6.90. The molecule has 1 unspecified atom stereocenters. The first-order valence-corrected chi connectivity index (χ1v) is 7.85. The van der Waals surface area contributed by atoms with Gasteiger partial charge in [0.15, 0.2) is 11.5 Å². The average molecular weight is 331 g/mol. The zero-order valence-corrected chi connectivity index (χ0v) is 12.8. The van der Waals surface area contributed by atoms with Gasteiger partial charge in [0.2, 0.25) is 5.88 Å². The summed E-state index contributed by atoms with van der Waals surface area (Å²) in [6.07, 6.45) is 3.86. The van der Waals surface area contributed by atoms with Crippen molar-refractivity contribution in [2.75, 3.05) is 13.1 Å². The molecule has 3 aromatic heterocycles. The van der Waals surface area contributed by atoms with E-state index in [1.54, 1.807) is 29.5 Å². The van der Waals surface area contributed by atoms with Crippen LogP contribution in [-0.4, -0.2) is 48.9 Å². The smallest absolute Gasteiger partial charge is 0.274 e. The highest BCUT2D eigenvalue weighted by Gasteiger charge is 2.30. The Morgan fingerprint density at radius 2 is 2.48 bits per heavy atom. The van der Waals surface area contributed by atoms with E-state index in [0.717, 1.165) is 18.1 Å². The molecule has 0 aromatic carbocycles. The van der Waals surface area contributed by atoms with Crippen molar-refractivity contribution in [1.82, 2.24) is 23.8 Å². The minimum atomic E-state index is -0.124. The second-order valence-corrected chi connectivity index (χ2v) is 5.73. The Morgan fingerprint density at radius 1 is 1.52 bits per heavy atom. The predicted octanol–water partition coefficient (Wildman–Crippen LogP) is 1.81. The van der Waals surface area contributed by atoms with Gasteiger partial charge in [-0.15, -0.1) is 4.37 Å². The van der Waals surface area contributed by atoms with Crippen molar-refractivity contribution in [1.29, 1.82) is 0 Å². The Kier molecular flexibility index (Phi) is 3.54. The van der Waals surface area contributed by atoms with Gasteiger partial charge in [-0.1, -0.05) is 0 Å². The number of carbonyl (C=O) groups excluding carboxylic acids is 1. The first-order chi connectivity index (χ1) is 11.3. The summed E-state index contributed by atoms with van der Waals surface area (Å²) in [6.45, 7) is 1.14. The number of ether oxygens (including phenoxy) is 1. The van der Waals surface area contributed by atoms with Crippen LogP contribution in [0.5, 0.6) is 5.88 Å². The van der Waals surface area contributed by atoms with Crippen molar-refractivity contribution in [2.24, 2.45) is 0 Å². The summed E-state index contributed by atoms with van der Waals surface area (Å²) < 4.78 is 18.9. The third-order valence-electron chi connectivity index (χ3n) is 3.64. The topological polar surface area (TPSA) is 97.1 Å². The fraction of sp³-hybridized carbons (Fsp3) is 0.286. The van der Waals surface area contributed by atoms with E-state index in [1.165, 1.54) is 0 Å². The summed E-state index contributed by atoms with van der Waals surface area (Å²) in [6, 6.07) is 5.29. The molecule has 0 saturated carbocycles. The normalized spacial score (nSPS) is 17.6. The van der Waals surface area contributed by atoms with Crippen LogP contribution < -0.4 is 4.74 Å². The van der Waals surface area contributed by atoms with Crippen molar-refractivity contribution < 1.29 is 13.9 Å². The van der Waals surface area contributed by atoms with E-state index in [2.05, 4.69) is 18.9 Å². The van der Waals surface area contributed by atoms with E-state index in [1.807, 2.05) is 6.07 Å². The molecule has 1 amide bonds. The van der Waals surface area contributed by atoms with E-state index in [-0.39, 0.29) is 12.0 Å². The van der Waals surface area contributed by atoms with Gasteiger partial charge < -0.3 is 14.1 Å². The number of aromatic nitrogens is 4. The molecule has 1 fully saturated rings. The molecule has 1 N–H and O–H groups in total. The molecular weight excluding hydrogens is 318 g/mol. The molecule has 3 aromatic rings. The van der Waals surface area contributed by atoms with E-state index in [4.69, 9.17) is 9.15 Å².